The number of hydrazine groups is 1. The van der Waals surface area contributed by atoms with Crippen molar-refractivity contribution in [2.75, 3.05) is 37.8 Å². The molecule has 0 fully saturated rings. The first kappa shape index (κ1) is 17.3. The lowest BCUT2D eigenvalue weighted by Gasteiger charge is -2.29. The Balaban J connectivity index is 2.33. The van der Waals surface area contributed by atoms with E-state index in [1.807, 2.05) is 25.3 Å². The van der Waals surface area contributed by atoms with Crippen molar-refractivity contribution < 1.29 is 5.11 Å². The average molecular weight is 321 g/mol. The number of aliphatic hydroxyl groups is 1. The largest absolute Gasteiger partial charge is 0.392 e. The molecule has 0 radical (unpaired) electrons. The molecule has 1 unspecified atom stereocenters. The Morgan fingerprint density at radius 3 is 2.70 bits per heavy atom. The number of aliphatic hydroxyl groups excluding tert-OH is 1. The molecule has 1 atom stereocenters. The van der Waals surface area contributed by atoms with E-state index in [1.165, 1.54) is 0 Å². The topological polar surface area (TPSA) is 97.4 Å². The molecule has 128 valence electrons. The SMILES string of the molecule is CCCNN1C=C(NC)c2nc(NCC(C)O)nc(NC)c2C1. The van der Waals surface area contributed by atoms with Gasteiger partial charge in [0.2, 0.25) is 5.95 Å². The zero-order valence-electron chi connectivity index (χ0n) is 14.3. The molecule has 8 heteroatoms. The van der Waals surface area contributed by atoms with Gasteiger partial charge in [-0.3, -0.25) is 0 Å². The van der Waals surface area contributed by atoms with Gasteiger partial charge in [-0.1, -0.05) is 6.92 Å². The van der Waals surface area contributed by atoms with Gasteiger partial charge in [-0.25, -0.2) is 10.4 Å². The molecular formula is C15H27N7O. The molecule has 2 rings (SSSR count). The van der Waals surface area contributed by atoms with Gasteiger partial charge < -0.3 is 26.1 Å². The van der Waals surface area contributed by atoms with Crippen LogP contribution in [0.1, 0.15) is 31.5 Å². The number of nitrogens with zero attached hydrogens (tertiary/aromatic N) is 3. The van der Waals surface area contributed by atoms with Crippen molar-refractivity contribution in [3.63, 3.8) is 0 Å². The van der Waals surface area contributed by atoms with Crippen LogP contribution in [0.2, 0.25) is 0 Å². The first-order chi connectivity index (χ1) is 11.1. The van der Waals surface area contributed by atoms with Crippen molar-refractivity contribution in [3.05, 3.63) is 17.5 Å². The molecule has 8 nitrogen and oxygen atoms in total. The summed E-state index contributed by atoms with van der Waals surface area (Å²) in [6.07, 6.45) is 2.62. The van der Waals surface area contributed by atoms with Gasteiger partial charge in [0.15, 0.2) is 0 Å². The molecule has 1 aliphatic rings. The van der Waals surface area contributed by atoms with Crippen LogP contribution in [0.4, 0.5) is 11.8 Å². The van der Waals surface area contributed by atoms with Gasteiger partial charge in [0.1, 0.15) is 11.5 Å². The van der Waals surface area contributed by atoms with Crippen LogP contribution in [0, 0.1) is 0 Å². The molecule has 0 aliphatic carbocycles. The Morgan fingerprint density at radius 1 is 1.30 bits per heavy atom. The third kappa shape index (κ3) is 4.23. The number of fused-ring (bicyclic) bond motifs is 1. The number of nitrogens with one attached hydrogen (secondary N) is 4. The third-order valence-electron chi connectivity index (χ3n) is 3.50. The lowest BCUT2D eigenvalue weighted by atomic mass is 10.1. The lowest BCUT2D eigenvalue weighted by molar-refractivity contribution is 0.208. The summed E-state index contributed by atoms with van der Waals surface area (Å²) < 4.78 is 0. The first-order valence-electron chi connectivity index (χ1n) is 7.99. The summed E-state index contributed by atoms with van der Waals surface area (Å²) in [5.74, 6) is 1.29. The van der Waals surface area contributed by atoms with E-state index in [0.717, 1.165) is 35.7 Å². The summed E-state index contributed by atoms with van der Waals surface area (Å²) in [5.41, 5.74) is 6.20. The smallest absolute Gasteiger partial charge is 0.225 e. The van der Waals surface area contributed by atoms with Crippen LogP contribution in [-0.2, 0) is 6.54 Å². The molecule has 0 aromatic carbocycles. The minimum atomic E-state index is -0.458. The van der Waals surface area contributed by atoms with Crippen molar-refractivity contribution in [1.82, 2.24) is 25.7 Å². The molecule has 5 N–H and O–H groups in total. The van der Waals surface area contributed by atoms with Crippen LogP contribution < -0.4 is 21.4 Å². The minimum Gasteiger partial charge on any atom is -0.392 e. The van der Waals surface area contributed by atoms with Crippen molar-refractivity contribution in [2.24, 2.45) is 0 Å². The highest BCUT2D eigenvalue weighted by Crippen LogP contribution is 2.28. The number of hydrogen-bond acceptors (Lipinski definition) is 8. The summed E-state index contributed by atoms with van der Waals surface area (Å²) in [6, 6.07) is 0. The maximum absolute atomic E-state index is 9.42. The Hall–Kier alpha value is -2.06. The van der Waals surface area contributed by atoms with E-state index in [9.17, 15) is 5.11 Å². The normalized spacial score (nSPS) is 14.8. The van der Waals surface area contributed by atoms with E-state index >= 15 is 0 Å². The Labute approximate surface area is 137 Å². The third-order valence-corrected chi connectivity index (χ3v) is 3.50. The van der Waals surface area contributed by atoms with Crippen LogP contribution >= 0.6 is 0 Å². The first-order valence-corrected chi connectivity index (χ1v) is 7.99. The van der Waals surface area contributed by atoms with Crippen LogP contribution in [0.5, 0.6) is 0 Å². The van der Waals surface area contributed by atoms with Gasteiger partial charge in [-0.2, -0.15) is 4.98 Å². The van der Waals surface area contributed by atoms with Gasteiger partial charge >= 0.3 is 0 Å². The molecule has 0 saturated carbocycles. The van der Waals surface area contributed by atoms with Gasteiger partial charge in [0, 0.05) is 38.9 Å². The van der Waals surface area contributed by atoms with Crippen LogP contribution in [0.3, 0.4) is 0 Å². The molecule has 0 bridgehead atoms. The van der Waals surface area contributed by atoms with Crippen molar-refractivity contribution >= 4 is 17.5 Å². The molecule has 0 spiro atoms. The monoisotopic (exact) mass is 321 g/mol. The van der Waals surface area contributed by atoms with Crippen LogP contribution in [-0.4, -0.2) is 53.4 Å². The van der Waals surface area contributed by atoms with E-state index in [1.54, 1.807) is 6.92 Å². The minimum absolute atomic E-state index is 0.407. The fourth-order valence-electron chi connectivity index (χ4n) is 2.35. The van der Waals surface area contributed by atoms with E-state index in [2.05, 4.69) is 38.3 Å². The van der Waals surface area contributed by atoms with E-state index in [4.69, 9.17) is 0 Å². The second kappa shape index (κ2) is 7.98. The van der Waals surface area contributed by atoms with Crippen LogP contribution in [0.15, 0.2) is 6.20 Å². The Kier molecular flexibility index (Phi) is 6.00. The molecule has 1 aromatic rings. The van der Waals surface area contributed by atoms with E-state index < -0.39 is 6.10 Å². The molecule has 0 amide bonds. The van der Waals surface area contributed by atoms with Gasteiger partial charge in [0.25, 0.3) is 0 Å². The molecule has 1 aliphatic heterocycles. The number of anilines is 2. The zero-order valence-corrected chi connectivity index (χ0v) is 14.3. The second-order valence-corrected chi connectivity index (χ2v) is 5.53. The quantitative estimate of drug-likeness (QED) is 0.474. The van der Waals surface area contributed by atoms with Crippen molar-refractivity contribution in [2.45, 2.75) is 32.9 Å². The molecule has 2 heterocycles. The summed E-state index contributed by atoms with van der Waals surface area (Å²) >= 11 is 0. The number of aromatic nitrogens is 2. The summed E-state index contributed by atoms with van der Waals surface area (Å²) in [7, 11) is 3.73. The Bertz CT molecular complexity index is 559. The molecule has 1 aromatic heterocycles. The predicted molar refractivity (Wildman–Crippen MR) is 92.6 cm³/mol. The molecule has 0 saturated heterocycles. The summed E-state index contributed by atoms with van der Waals surface area (Å²) in [5, 5.41) is 20.9. The Morgan fingerprint density at radius 2 is 2.09 bits per heavy atom. The zero-order chi connectivity index (χ0) is 16.8. The molecule has 23 heavy (non-hydrogen) atoms. The fourth-order valence-corrected chi connectivity index (χ4v) is 2.35. The number of hydrogen-bond donors (Lipinski definition) is 5. The lowest BCUT2D eigenvalue weighted by Crippen LogP contribution is -2.37. The van der Waals surface area contributed by atoms with Crippen molar-refractivity contribution in [1.29, 1.82) is 0 Å². The standard InChI is InChI=1S/C15H27N7O/c1-5-6-19-22-8-11-13(12(9-22)16-3)20-15(18-7-10(2)23)21-14(11)17-4/h9-10,16,19,23H,5-8H2,1-4H3,(H2,17,18,20,21). The summed E-state index contributed by atoms with van der Waals surface area (Å²) in [6.45, 7) is 5.86. The highest BCUT2D eigenvalue weighted by atomic mass is 16.3. The summed E-state index contributed by atoms with van der Waals surface area (Å²) in [4.78, 5) is 9.11. The highest BCUT2D eigenvalue weighted by Gasteiger charge is 2.23. The van der Waals surface area contributed by atoms with Crippen LogP contribution in [0.25, 0.3) is 5.70 Å². The second-order valence-electron chi connectivity index (χ2n) is 5.53. The van der Waals surface area contributed by atoms with Gasteiger partial charge in [0.05, 0.1) is 18.3 Å². The van der Waals surface area contributed by atoms with E-state index in [-0.39, 0.29) is 0 Å². The van der Waals surface area contributed by atoms with Crippen molar-refractivity contribution in [3.8, 4) is 0 Å². The maximum atomic E-state index is 9.42. The van der Waals surface area contributed by atoms with E-state index in [0.29, 0.717) is 19.0 Å². The van der Waals surface area contributed by atoms with Gasteiger partial charge in [-0.15, -0.1) is 0 Å². The predicted octanol–water partition coefficient (Wildman–Crippen LogP) is 0.559. The van der Waals surface area contributed by atoms with Gasteiger partial charge in [-0.05, 0) is 13.3 Å². The fraction of sp³-hybridized carbons (Fsp3) is 0.600. The highest BCUT2D eigenvalue weighted by molar-refractivity contribution is 5.70. The molecular weight excluding hydrogens is 294 g/mol. The maximum Gasteiger partial charge on any atom is 0.225 e. The average Bonchev–Trinajstić information content (AvgIpc) is 2.56. The number of rotatable bonds is 8.